The van der Waals surface area contributed by atoms with Crippen LogP contribution in [0, 0.1) is 40.4 Å². The minimum atomic E-state index is -0.128. The molecular formula is C24H37O2P. The van der Waals surface area contributed by atoms with Crippen LogP contribution >= 0.6 is 8.46 Å². The van der Waals surface area contributed by atoms with E-state index in [1.54, 1.807) is 0 Å². The second-order valence-corrected chi connectivity index (χ2v) is 11.6. The molecule has 0 heterocycles. The van der Waals surface area contributed by atoms with Gasteiger partial charge in [-0.3, -0.25) is 9.36 Å². The van der Waals surface area contributed by atoms with Crippen LogP contribution in [0.15, 0.2) is 11.6 Å². The van der Waals surface area contributed by atoms with Gasteiger partial charge in [0.2, 0.25) is 0 Å². The Labute approximate surface area is 167 Å². The molecule has 0 aromatic carbocycles. The average Bonchev–Trinajstić information content (AvgIpc) is 3.01. The van der Waals surface area contributed by atoms with Gasteiger partial charge in [-0.1, -0.05) is 46.1 Å². The quantitative estimate of drug-likeness (QED) is 0.494. The van der Waals surface area contributed by atoms with Gasteiger partial charge in [-0.15, -0.1) is 0 Å². The van der Waals surface area contributed by atoms with Gasteiger partial charge in [0.25, 0.3) is 0 Å². The highest BCUT2D eigenvalue weighted by Crippen LogP contribution is 2.65. The summed E-state index contributed by atoms with van der Waals surface area (Å²) in [5.74, 6) is 3.45. The third kappa shape index (κ3) is 2.84. The van der Waals surface area contributed by atoms with Crippen molar-refractivity contribution < 1.29 is 9.36 Å². The summed E-state index contributed by atoms with van der Waals surface area (Å²) in [6.45, 7) is 9.40. The molecule has 3 saturated carbocycles. The van der Waals surface area contributed by atoms with Gasteiger partial charge in [-0.05, 0) is 86.0 Å². The Bertz CT molecular complexity index is 655. The molecule has 3 unspecified atom stereocenters. The minimum Gasteiger partial charge on any atom is -0.294 e. The Balaban J connectivity index is 1.67. The number of allylic oxidation sites excluding steroid dienone is 2. The van der Waals surface area contributed by atoms with Crippen molar-refractivity contribution in [1.82, 2.24) is 0 Å². The summed E-state index contributed by atoms with van der Waals surface area (Å²) in [4.78, 5) is 13.6. The van der Waals surface area contributed by atoms with Crippen LogP contribution < -0.4 is 0 Å². The Hall–Kier alpha value is -0.490. The van der Waals surface area contributed by atoms with E-state index in [-0.39, 0.29) is 10.8 Å². The van der Waals surface area contributed by atoms with Crippen LogP contribution in [-0.2, 0) is 9.36 Å². The highest BCUT2D eigenvalue weighted by Gasteiger charge is 2.60. The van der Waals surface area contributed by atoms with Gasteiger partial charge in [0, 0.05) is 11.1 Å². The summed E-state index contributed by atoms with van der Waals surface area (Å²) in [6.07, 6.45) is 12.8. The molecule has 8 atom stereocenters. The number of carbonyl (C=O) groups excluding carboxylic acids is 1. The van der Waals surface area contributed by atoms with Crippen molar-refractivity contribution in [3.63, 3.8) is 0 Å². The molecule has 0 aromatic rings. The number of hydrogen-bond donors (Lipinski definition) is 0. The molecule has 3 fully saturated rings. The maximum atomic E-state index is 13.6. The van der Waals surface area contributed by atoms with Crippen LogP contribution in [0.25, 0.3) is 0 Å². The predicted molar refractivity (Wildman–Crippen MR) is 111 cm³/mol. The molecule has 0 aromatic heterocycles. The number of fused-ring (bicyclic) bond motifs is 5. The van der Waals surface area contributed by atoms with Crippen molar-refractivity contribution in [2.24, 2.45) is 40.4 Å². The van der Waals surface area contributed by atoms with Gasteiger partial charge in [0.05, 0.1) is 0 Å². The van der Waals surface area contributed by atoms with Crippen molar-refractivity contribution in [3.8, 4) is 0 Å². The molecule has 2 nitrogen and oxygen atoms in total. The van der Waals surface area contributed by atoms with E-state index in [0.29, 0.717) is 49.5 Å². The number of rotatable bonds is 4. The minimum absolute atomic E-state index is 0.128. The maximum Gasteiger partial charge on any atom is 0.162 e. The van der Waals surface area contributed by atoms with Gasteiger partial charge in [-0.25, -0.2) is 0 Å². The molecule has 4 aliphatic rings. The van der Waals surface area contributed by atoms with Gasteiger partial charge in [-0.2, -0.15) is 0 Å². The van der Waals surface area contributed by atoms with Crippen LogP contribution in [0.3, 0.4) is 0 Å². The molecule has 4 aliphatic carbocycles. The first kappa shape index (κ1) is 19.8. The normalized spacial score (nSPS) is 47.8. The lowest BCUT2D eigenvalue weighted by Gasteiger charge is -2.56. The van der Waals surface area contributed by atoms with Crippen LogP contribution in [0.1, 0.15) is 85.5 Å². The molecule has 3 heteroatoms. The van der Waals surface area contributed by atoms with Crippen LogP contribution in [0.5, 0.6) is 0 Å². The topological polar surface area (TPSA) is 34.1 Å². The number of ketones is 1. The van der Waals surface area contributed by atoms with E-state index in [0.717, 1.165) is 19.3 Å². The largest absolute Gasteiger partial charge is 0.294 e. The number of carbonyl (C=O) groups is 1. The van der Waals surface area contributed by atoms with Crippen molar-refractivity contribution in [1.29, 1.82) is 0 Å². The lowest BCUT2D eigenvalue weighted by Crippen LogP contribution is -2.51. The molecule has 0 spiro atoms. The molecule has 27 heavy (non-hydrogen) atoms. The smallest absolute Gasteiger partial charge is 0.162 e. The maximum absolute atomic E-state index is 13.6. The van der Waals surface area contributed by atoms with E-state index in [9.17, 15) is 9.36 Å². The van der Waals surface area contributed by atoms with Crippen molar-refractivity contribution in [2.45, 2.75) is 91.1 Å². The van der Waals surface area contributed by atoms with Crippen molar-refractivity contribution in [2.75, 3.05) is 0 Å². The van der Waals surface area contributed by atoms with E-state index in [2.05, 4.69) is 33.8 Å². The zero-order valence-electron chi connectivity index (χ0n) is 17.7. The summed E-state index contributed by atoms with van der Waals surface area (Å²) in [7, 11) is 0.332. The highest BCUT2D eigenvalue weighted by atomic mass is 31.1. The van der Waals surface area contributed by atoms with E-state index in [4.69, 9.17) is 0 Å². The fourth-order valence-corrected chi connectivity index (χ4v) is 8.56. The van der Waals surface area contributed by atoms with E-state index in [1.165, 1.54) is 44.1 Å². The van der Waals surface area contributed by atoms with Crippen molar-refractivity contribution >= 4 is 14.2 Å². The molecular weight excluding hydrogens is 351 g/mol. The standard InChI is InChI=1S/C24H37O2P/c1-5-6-15(2)19-9-10-20-18-8-7-16-13-17(27-26)11-12-23(16,3)21(18)14-22(25)24(19,20)4/h14-20H,5-13H2,1-4H3/t15-,16?,17-,18?,19-,20?,23+,24-/m1/s1. The summed E-state index contributed by atoms with van der Waals surface area (Å²) in [6, 6.07) is 0. The predicted octanol–water partition coefficient (Wildman–Crippen LogP) is 6.84. The van der Waals surface area contributed by atoms with Crippen LogP contribution in [0.4, 0.5) is 0 Å². The van der Waals surface area contributed by atoms with Crippen LogP contribution in [0.2, 0.25) is 0 Å². The van der Waals surface area contributed by atoms with Gasteiger partial charge >= 0.3 is 0 Å². The zero-order valence-corrected chi connectivity index (χ0v) is 18.6. The monoisotopic (exact) mass is 388 g/mol. The fourth-order valence-electron chi connectivity index (χ4n) is 7.99. The SMILES string of the molecule is CCC[C@@H](C)[C@H]1CCC2C3CCC4C[C@H](P=O)CC[C@]4(C)C3=CC(=O)[C@@]21C. The molecule has 0 N–H and O–H groups in total. The Kier molecular flexibility index (Phi) is 5.20. The molecule has 150 valence electrons. The molecule has 0 radical (unpaired) electrons. The van der Waals surface area contributed by atoms with E-state index in [1.807, 2.05) is 0 Å². The summed E-state index contributed by atoms with van der Waals surface area (Å²) < 4.78 is 11.4. The molecule has 0 aliphatic heterocycles. The first-order chi connectivity index (χ1) is 12.9. The molecule has 0 saturated heterocycles. The molecule has 4 rings (SSSR count). The molecule has 0 amide bonds. The Morgan fingerprint density at radius 3 is 2.67 bits per heavy atom. The summed E-state index contributed by atoms with van der Waals surface area (Å²) in [5, 5.41) is 0. The van der Waals surface area contributed by atoms with Crippen molar-refractivity contribution in [3.05, 3.63) is 11.6 Å². The zero-order chi connectivity index (χ0) is 19.4. The average molecular weight is 389 g/mol. The fraction of sp³-hybridized carbons (Fsp3) is 0.875. The third-order valence-electron chi connectivity index (χ3n) is 9.55. The molecule has 0 bridgehead atoms. The lowest BCUT2D eigenvalue weighted by molar-refractivity contribution is -0.132. The Morgan fingerprint density at radius 1 is 1.19 bits per heavy atom. The second-order valence-electron chi connectivity index (χ2n) is 10.6. The first-order valence-electron chi connectivity index (χ1n) is 11.4. The van der Waals surface area contributed by atoms with Crippen LogP contribution in [-0.4, -0.2) is 11.4 Å². The summed E-state index contributed by atoms with van der Waals surface area (Å²) >= 11 is 0. The van der Waals surface area contributed by atoms with E-state index < -0.39 is 0 Å². The van der Waals surface area contributed by atoms with Gasteiger partial charge in [0.1, 0.15) is 0 Å². The highest BCUT2D eigenvalue weighted by molar-refractivity contribution is 7.24. The lowest BCUT2D eigenvalue weighted by atomic mass is 9.48. The number of hydrogen-bond acceptors (Lipinski definition) is 2. The van der Waals surface area contributed by atoms with Gasteiger partial charge in [0.15, 0.2) is 14.2 Å². The van der Waals surface area contributed by atoms with E-state index >= 15 is 0 Å². The first-order valence-corrected chi connectivity index (χ1v) is 12.3. The Morgan fingerprint density at radius 2 is 1.96 bits per heavy atom. The summed E-state index contributed by atoms with van der Waals surface area (Å²) in [5.41, 5.74) is 1.89. The third-order valence-corrected chi connectivity index (χ3v) is 10.3. The second kappa shape index (κ2) is 7.08. The van der Waals surface area contributed by atoms with Gasteiger partial charge < -0.3 is 0 Å².